The Bertz CT molecular complexity index is 418. The Kier molecular flexibility index (Phi) is 5.30. The molecule has 1 aromatic rings. The maximum absolute atomic E-state index is 11.9. The van der Waals surface area contributed by atoms with E-state index in [0.717, 1.165) is 0 Å². The molecule has 0 aliphatic rings. The summed E-state index contributed by atoms with van der Waals surface area (Å²) in [6.45, 7) is 6.62. The second-order valence-electron chi connectivity index (χ2n) is 3.44. The van der Waals surface area contributed by atoms with Crippen molar-refractivity contribution < 1.29 is 19.0 Å². The van der Waals surface area contributed by atoms with Crippen molar-refractivity contribution in [3.05, 3.63) is 17.7 Å². The standard InChI is InChI=1S/C13H19NO4/c1-4-16-9-7-8-10(17-5-2)12(14)11(9)13(15)18-6-3/h7-8H,4-6,14H2,1-3H3. The molecular weight excluding hydrogens is 234 g/mol. The van der Waals surface area contributed by atoms with Gasteiger partial charge in [-0.05, 0) is 32.9 Å². The highest BCUT2D eigenvalue weighted by atomic mass is 16.5. The number of rotatable bonds is 6. The lowest BCUT2D eigenvalue weighted by Gasteiger charge is -2.15. The van der Waals surface area contributed by atoms with Crippen molar-refractivity contribution >= 4 is 11.7 Å². The fourth-order valence-electron chi connectivity index (χ4n) is 1.55. The minimum Gasteiger partial charge on any atom is -0.493 e. The van der Waals surface area contributed by atoms with Crippen molar-refractivity contribution in [3.63, 3.8) is 0 Å². The second-order valence-corrected chi connectivity index (χ2v) is 3.44. The molecule has 0 amide bonds. The topological polar surface area (TPSA) is 70.8 Å². The van der Waals surface area contributed by atoms with Crippen LogP contribution in [0.5, 0.6) is 11.5 Å². The fraction of sp³-hybridized carbons (Fsp3) is 0.462. The summed E-state index contributed by atoms with van der Waals surface area (Å²) < 4.78 is 15.7. The van der Waals surface area contributed by atoms with Gasteiger partial charge in [-0.15, -0.1) is 0 Å². The quantitative estimate of drug-likeness (QED) is 0.622. The van der Waals surface area contributed by atoms with Crippen LogP contribution in [0.4, 0.5) is 5.69 Å². The van der Waals surface area contributed by atoms with Crippen LogP contribution in [0.25, 0.3) is 0 Å². The Balaban J connectivity index is 3.21. The van der Waals surface area contributed by atoms with Gasteiger partial charge in [0.15, 0.2) is 0 Å². The molecule has 2 N–H and O–H groups in total. The SMILES string of the molecule is CCOC(=O)c1c(OCC)ccc(OCC)c1N. The lowest BCUT2D eigenvalue weighted by molar-refractivity contribution is 0.0523. The predicted molar refractivity (Wildman–Crippen MR) is 69.1 cm³/mol. The largest absolute Gasteiger partial charge is 0.493 e. The summed E-state index contributed by atoms with van der Waals surface area (Å²) in [6.07, 6.45) is 0. The van der Waals surface area contributed by atoms with E-state index in [1.807, 2.05) is 13.8 Å². The molecule has 0 fully saturated rings. The van der Waals surface area contributed by atoms with Crippen LogP contribution in [-0.2, 0) is 4.74 Å². The first-order valence-corrected chi connectivity index (χ1v) is 6.00. The van der Waals surface area contributed by atoms with Gasteiger partial charge in [0.05, 0.1) is 25.5 Å². The predicted octanol–water partition coefficient (Wildman–Crippen LogP) is 2.24. The molecule has 0 bridgehead atoms. The number of benzene rings is 1. The summed E-state index contributed by atoms with van der Waals surface area (Å²) in [5.41, 5.74) is 6.40. The van der Waals surface area contributed by atoms with Gasteiger partial charge in [-0.2, -0.15) is 0 Å². The third kappa shape index (κ3) is 3.06. The van der Waals surface area contributed by atoms with E-state index in [0.29, 0.717) is 24.7 Å². The van der Waals surface area contributed by atoms with E-state index in [-0.39, 0.29) is 17.9 Å². The second kappa shape index (κ2) is 6.74. The summed E-state index contributed by atoms with van der Waals surface area (Å²) in [6, 6.07) is 3.35. The molecule has 0 unspecified atom stereocenters. The normalized spacial score (nSPS) is 9.94. The number of carbonyl (C=O) groups is 1. The molecule has 0 saturated carbocycles. The average molecular weight is 253 g/mol. The first kappa shape index (κ1) is 14.2. The highest BCUT2D eigenvalue weighted by molar-refractivity contribution is 5.99. The monoisotopic (exact) mass is 253 g/mol. The van der Waals surface area contributed by atoms with Crippen molar-refractivity contribution in [2.75, 3.05) is 25.6 Å². The first-order chi connectivity index (χ1) is 8.65. The molecule has 0 heterocycles. The molecule has 0 atom stereocenters. The summed E-state index contributed by atoms with van der Waals surface area (Å²) in [7, 11) is 0. The number of anilines is 1. The number of hydrogen-bond donors (Lipinski definition) is 1. The van der Waals surface area contributed by atoms with Gasteiger partial charge < -0.3 is 19.9 Å². The van der Waals surface area contributed by atoms with Crippen LogP contribution < -0.4 is 15.2 Å². The van der Waals surface area contributed by atoms with Crippen LogP contribution in [0.1, 0.15) is 31.1 Å². The van der Waals surface area contributed by atoms with Crippen molar-refractivity contribution in [2.24, 2.45) is 0 Å². The third-order valence-corrected chi connectivity index (χ3v) is 2.25. The Morgan fingerprint density at radius 2 is 1.61 bits per heavy atom. The zero-order valence-corrected chi connectivity index (χ0v) is 11.0. The number of ether oxygens (including phenoxy) is 3. The number of nitrogen functional groups attached to an aromatic ring is 1. The fourth-order valence-corrected chi connectivity index (χ4v) is 1.55. The lowest BCUT2D eigenvalue weighted by atomic mass is 10.1. The van der Waals surface area contributed by atoms with Gasteiger partial charge in [0.1, 0.15) is 17.1 Å². The van der Waals surface area contributed by atoms with Crippen molar-refractivity contribution in [1.29, 1.82) is 0 Å². The molecule has 0 radical (unpaired) electrons. The number of esters is 1. The van der Waals surface area contributed by atoms with E-state index in [1.165, 1.54) is 0 Å². The number of nitrogens with two attached hydrogens (primary N) is 1. The van der Waals surface area contributed by atoms with Crippen molar-refractivity contribution in [3.8, 4) is 11.5 Å². The van der Waals surface area contributed by atoms with Crippen LogP contribution >= 0.6 is 0 Å². The molecule has 5 nitrogen and oxygen atoms in total. The summed E-state index contributed by atoms with van der Waals surface area (Å²) in [5.74, 6) is 0.376. The number of carbonyl (C=O) groups excluding carboxylic acids is 1. The van der Waals surface area contributed by atoms with Gasteiger partial charge >= 0.3 is 5.97 Å². The van der Waals surface area contributed by atoms with E-state index < -0.39 is 5.97 Å². The number of hydrogen-bond acceptors (Lipinski definition) is 5. The average Bonchev–Trinajstić information content (AvgIpc) is 2.33. The van der Waals surface area contributed by atoms with Crippen LogP contribution in [-0.4, -0.2) is 25.8 Å². The van der Waals surface area contributed by atoms with E-state index >= 15 is 0 Å². The molecule has 0 aliphatic heterocycles. The van der Waals surface area contributed by atoms with E-state index in [4.69, 9.17) is 19.9 Å². The van der Waals surface area contributed by atoms with E-state index in [2.05, 4.69) is 0 Å². The van der Waals surface area contributed by atoms with Gasteiger partial charge in [0.2, 0.25) is 0 Å². The first-order valence-electron chi connectivity index (χ1n) is 6.00. The summed E-state index contributed by atoms with van der Waals surface area (Å²) in [5, 5.41) is 0. The van der Waals surface area contributed by atoms with E-state index in [1.54, 1.807) is 19.1 Å². The Labute approximate surface area is 107 Å². The highest BCUT2D eigenvalue weighted by Crippen LogP contribution is 2.33. The molecular formula is C13H19NO4. The Morgan fingerprint density at radius 3 is 2.17 bits per heavy atom. The zero-order valence-electron chi connectivity index (χ0n) is 11.0. The maximum Gasteiger partial charge on any atom is 0.344 e. The zero-order chi connectivity index (χ0) is 13.5. The Hall–Kier alpha value is -1.91. The van der Waals surface area contributed by atoms with E-state index in [9.17, 15) is 4.79 Å². The van der Waals surface area contributed by atoms with Crippen LogP contribution in [0.2, 0.25) is 0 Å². The molecule has 1 aromatic carbocycles. The maximum atomic E-state index is 11.9. The van der Waals surface area contributed by atoms with Gasteiger partial charge in [-0.1, -0.05) is 0 Å². The third-order valence-electron chi connectivity index (χ3n) is 2.25. The molecule has 0 aliphatic carbocycles. The van der Waals surface area contributed by atoms with Crippen LogP contribution in [0, 0.1) is 0 Å². The molecule has 0 aromatic heterocycles. The molecule has 0 spiro atoms. The van der Waals surface area contributed by atoms with Gasteiger partial charge in [-0.3, -0.25) is 0 Å². The Morgan fingerprint density at radius 1 is 1.06 bits per heavy atom. The summed E-state index contributed by atoms with van der Waals surface area (Å²) in [4.78, 5) is 11.9. The minimum atomic E-state index is -0.500. The summed E-state index contributed by atoms with van der Waals surface area (Å²) >= 11 is 0. The smallest absolute Gasteiger partial charge is 0.344 e. The lowest BCUT2D eigenvalue weighted by Crippen LogP contribution is -2.12. The van der Waals surface area contributed by atoms with Gasteiger partial charge in [-0.25, -0.2) is 4.79 Å². The van der Waals surface area contributed by atoms with Crippen LogP contribution in [0.15, 0.2) is 12.1 Å². The van der Waals surface area contributed by atoms with Gasteiger partial charge in [0.25, 0.3) is 0 Å². The molecule has 0 saturated heterocycles. The van der Waals surface area contributed by atoms with Gasteiger partial charge in [0, 0.05) is 0 Å². The highest BCUT2D eigenvalue weighted by Gasteiger charge is 2.20. The molecule has 100 valence electrons. The van der Waals surface area contributed by atoms with Crippen molar-refractivity contribution in [1.82, 2.24) is 0 Å². The van der Waals surface area contributed by atoms with Crippen LogP contribution in [0.3, 0.4) is 0 Å². The molecule has 1 rings (SSSR count). The molecule has 18 heavy (non-hydrogen) atoms. The van der Waals surface area contributed by atoms with Crippen molar-refractivity contribution in [2.45, 2.75) is 20.8 Å². The molecule has 5 heteroatoms. The minimum absolute atomic E-state index is 0.227.